The molecule has 0 bridgehead atoms. The van der Waals surface area contributed by atoms with Crippen LogP contribution in [0, 0.1) is 6.92 Å². The lowest BCUT2D eigenvalue weighted by molar-refractivity contribution is -0.116. The Bertz CT molecular complexity index is 715. The van der Waals surface area contributed by atoms with E-state index in [-0.39, 0.29) is 18.9 Å². The van der Waals surface area contributed by atoms with E-state index >= 15 is 0 Å². The number of para-hydroxylation sites is 1. The van der Waals surface area contributed by atoms with Crippen LogP contribution < -0.4 is 15.0 Å². The third-order valence-electron chi connectivity index (χ3n) is 4.04. The molecular formula is C20H25ClN2O2. The number of nitrogens with zero attached hydrogens (tertiary/aromatic N) is 1. The molecular weight excluding hydrogens is 336 g/mol. The predicted octanol–water partition coefficient (Wildman–Crippen LogP) is 4.90. The van der Waals surface area contributed by atoms with E-state index in [2.05, 4.69) is 30.1 Å². The van der Waals surface area contributed by atoms with Gasteiger partial charge in [-0.05, 0) is 56.7 Å². The van der Waals surface area contributed by atoms with Gasteiger partial charge in [0.05, 0.1) is 18.1 Å². The summed E-state index contributed by atoms with van der Waals surface area (Å²) in [6.45, 7) is 8.47. The van der Waals surface area contributed by atoms with Gasteiger partial charge in [0.1, 0.15) is 5.75 Å². The Labute approximate surface area is 154 Å². The maximum Gasteiger partial charge on any atom is 0.227 e. The average Bonchev–Trinajstić information content (AvgIpc) is 2.60. The number of benzene rings is 2. The molecule has 0 heterocycles. The molecule has 5 heteroatoms. The van der Waals surface area contributed by atoms with Gasteiger partial charge in [-0.2, -0.15) is 0 Å². The molecule has 25 heavy (non-hydrogen) atoms. The highest BCUT2D eigenvalue weighted by Gasteiger charge is 2.09. The van der Waals surface area contributed by atoms with Crippen LogP contribution in [-0.4, -0.2) is 25.6 Å². The first-order chi connectivity index (χ1) is 12.0. The Morgan fingerprint density at radius 1 is 1.16 bits per heavy atom. The van der Waals surface area contributed by atoms with Crippen molar-refractivity contribution in [1.29, 1.82) is 0 Å². The lowest BCUT2D eigenvalue weighted by Gasteiger charge is -2.22. The van der Waals surface area contributed by atoms with E-state index in [4.69, 9.17) is 16.3 Å². The molecule has 134 valence electrons. The van der Waals surface area contributed by atoms with Gasteiger partial charge in [0.15, 0.2) is 0 Å². The Hall–Kier alpha value is -2.20. The summed E-state index contributed by atoms with van der Waals surface area (Å²) in [5, 5.41) is 3.49. The minimum Gasteiger partial charge on any atom is -0.491 e. The summed E-state index contributed by atoms with van der Waals surface area (Å²) in [5.74, 6) is 0.516. The first-order valence-electron chi connectivity index (χ1n) is 8.58. The second-order valence-electron chi connectivity index (χ2n) is 5.75. The van der Waals surface area contributed by atoms with Crippen molar-refractivity contribution in [2.45, 2.75) is 27.2 Å². The minimum absolute atomic E-state index is 0.0780. The highest BCUT2D eigenvalue weighted by molar-refractivity contribution is 6.32. The molecule has 1 N–H and O–H groups in total. The van der Waals surface area contributed by atoms with Crippen molar-refractivity contribution in [1.82, 2.24) is 0 Å². The monoisotopic (exact) mass is 360 g/mol. The van der Waals surface area contributed by atoms with Crippen molar-refractivity contribution in [3.63, 3.8) is 0 Å². The number of hydrogen-bond donors (Lipinski definition) is 1. The highest BCUT2D eigenvalue weighted by atomic mass is 35.5. The van der Waals surface area contributed by atoms with E-state index in [0.29, 0.717) is 10.8 Å². The molecule has 1 amide bonds. The molecule has 0 atom stereocenters. The molecule has 0 spiro atoms. The van der Waals surface area contributed by atoms with Crippen molar-refractivity contribution in [2.75, 3.05) is 29.9 Å². The van der Waals surface area contributed by atoms with Gasteiger partial charge in [-0.3, -0.25) is 4.79 Å². The number of carbonyl (C=O) groups is 1. The summed E-state index contributed by atoms with van der Waals surface area (Å²) in [6, 6.07) is 13.3. The predicted molar refractivity (Wildman–Crippen MR) is 105 cm³/mol. The number of aryl methyl sites for hydroxylation is 1. The normalized spacial score (nSPS) is 10.4. The Morgan fingerprint density at radius 3 is 2.52 bits per heavy atom. The van der Waals surface area contributed by atoms with Crippen molar-refractivity contribution in [2.24, 2.45) is 0 Å². The maximum absolute atomic E-state index is 12.1. The summed E-state index contributed by atoms with van der Waals surface area (Å²) < 4.78 is 5.56. The van der Waals surface area contributed by atoms with Crippen LogP contribution in [-0.2, 0) is 4.79 Å². The Kier molecular flexibility index (Phi) is 7.14. The first-order valence-corrected chi connectivity index (χ1v) is 8.95. The van der Waals surface area contributed by atoms with Crippen LogP contribution >= 0.6 is 11.6 Å². The summed E-state index contributed by atoms with van der Waals surface area (Å²) in [6.07, 6.45) is 0.266. The largest absolute Gasteiger partial charge is 0.491 e. The highest BCUT2D eigenvalue weighted by Crippen LogP contribution is 2.24. The second kappa shape index (κ2) is 9.33. The number of nitrogens with one attached hydrogen (secondary N) is 1. The molecule has 0 aliphatic rings. The number of hydrogen-bond acceptors (Lipinski definition) is 3. The molecule has 0 fully saturated rings. The third-order valence-corrected chi connectivity index (χ3v) is 4.35. The van der Waals surface area contributed by atoms with Crippen LogP contribution in [0.1, 0.15) is 25.8 Å². The zero-order valence-corrected chi connectivity index (χ0v) is 15.8. The van der Waals surface area contributed by atoms with Crippen LogP contribution in [0.15, 0.2) is 42.5 Å². The van der Waals surface area contributed by atoms with Gasteiger partial charge in [-0.1, -0.05) is 23.7 Å². The SMILES string of the molecule is CCN(CC)c1ccc(NC(=O)CCOc2ccccc2Cl)c(C)c1. The van der Waals surface area contributed by atoms with E-state index in [0.717, 1.165) is 24.3 Å². The first kappa shape index (κ1) is 19.1. The van der Waals surface area contributed by atoms with Crippen LogP contribution in [0.3, 0.4) is 0 Å². The van der Waals surface area contributed by atoms with Gasteiger partial charge < -0.3 is 15.0 Å². The van der Waals surface area contributed by atoms with Crippen LogP contribution in [0.25, 0.3) is 0 Å². The number of carbonyl (C=O) groups excluding carboxylic acids is 1. The summed E-state index contributed by atoms with van der Waals surface area (Å²) in [5.41, 5.74) is 3.05. The molecule has 0 aromatic heterocycles. The number of rotatable bonds is 8. The molecule has 2 rings (SSSR count). The third kappa shape index (κ3) is 5.40. The second-order valence-corrected chi connectivity index (χ2v) is 6.16. The van der Waals surface area contributed by atoms with Gasteiger partial charge in [-0.25, -0.2) is 0 Å². The van der Waals surface area contributed by atoms with Crippen LogP contribution in [0.4, 0.5) is 11.4 Å². The Balaban J connectivity index is 1.89. The summed E-state index contributed by atoms with van der Waals surface area (Å²) in [7, 11) is 0. The summed E-state index contributed by atoms with van der Waals surface area (Å²) in [4.78, 5) is 14.4. The van der Waals surface area contributed by atoms with Crippen molar-refractivity contribution < 1.29 is 9.53 Å². The zero-order valence-electron chi connectivity index (χ0n) is 15.0. The molecule has 0 aliphatic heterocycles. The van der Waals surface area contributed by atoms with E-state index in [1.807, 2.05) is 31.2 Å². The molecule has 0 aliphatic carbocycles. The van der Waals surface area contributed by atoms with Gasteiger partial charge in [0, 0.05) is 24.5 Å². The Morgan fingerprint density at radius 2 is 1.88 bits per heavy atom. The van der Waals surface area contributed by atoms with Gasteiger partial charge in [-0.15, -0.1) is 0 Å². The van der Waals surface area contributed by atoms with Crippen molar-refractivity contribution >= 4 is 28.9 Å². The quantitative estimate of drug-likeness (QED) is 0.727. The molecule has 2 aromatic rings. The lowest BCUT2D eigenvalue weighted by Crippen LogP contribution is -2.22. The van der Waals surface area contributed by atoms with Crippen molar-refractivity contribution in [3.8, 4) is 5.75 Å². The number of anilines is 2. The minimum atomic E-state index is -0.0780. The van der Waals surface area contributed by atoms with Crippen LogP contribution in [0.5, 0.6) is 5.75 Å². The number of amides is 1. The van der Waals surface area contributed by atoms with Gasteiger partial charge >= 0.3 is 0 Å². The molecule has 0 saturated heterocycles. The molecule has 0 radical (unpaired) electrons. The van der Waals surface area contributed by atoms with E-state index < -0.39 is 0 Å². The van der Waals surface area contributed by atoms with Crippen molar-refractivity contribution in [3.05, 3.63) is 53.1 Å². The average molecular weight is 361 g/mol. The molecule has 4 nitrogen and oxygen atoms in total. The van der Waals surface area contributed by atoms with Gasteiger partial charge in [0.25, 0.3) is 0 Å². The molecule has 0 saturated carbocycles. The smallest absolute Gasteiger partial charge is 0.227 e. The summed E-state index contributed by atoms with van der Waals surface area (Å²) >= 11 is 6.02. The topological polar surface area (TPSA) is 41.6 Å². The maximum atomic E-state index is 12.1. The lowest BCUT2D eigenvalue weighted by atomic mass is 10.1. The molecule has 0 unspecified atom stereocenters. The van der Waals surface area contributed by atoms with E-state index in [1.54, 1.807) is 12.1 Å². The fourth-order valence-corrected chi connectivity index (χ4v) is 2.79. The fourth-order valence-electron chi connectivity index (χ4n) is 2.60. The van der Waals surface area contributed by atoms with E-state index in [1.165, 1.54) is 5.69 Å². The molecule has 2 aromatic carbocycles. The van der Waals surface area contributed by atoms with E-state index in [9.17, 15) is 4.79 Å². The van der Waals surface area contributed by atoms with Crippen LogP contribution in [0.2, 0.25) is 5.02 Å². The number of halogens is 1. The standard InChI is InChI=1S/C20H25ClN2O2/c1-4-23(5-2)16-10-11-18(15(3)14-16)22-20(24)12-13-25-19-9-7-6-8-17(19)21/h6-11,14H,4-5,12-13H2,1-3H3,(H,22,24). The van der Waals surface area contributed by atoms with Gasteiger partial charge in [0.2, 0.25) is 5.91 Å². The fraction of sp³-hybridized carbons (Fsp3) is 0.350. The zero-order chi connectivity index (χ0) is 18.2. The number of ether oxygens (including phenoxy) is 1.